The minimum absolute atomic E-state index is 0.584. The highest BCUT2D eigenvalue weighted by molar-refractivity contribution is 6.32. The predicted octanol–water partition coefficient (Wildman–Crippen LogP) is 2.72. The van der Waals surface area contributed by atoms with Gasteiger partial charge in [-0.15, -0.1) is 6.54 Å². The largest absolute Gasteiger partial charge is 0.662 e. The van der Waals surface area contributed by atoms with Crippen molar-refractivity contribution in [3.8, 4) is 5.75 Å². The molecule has 0 radical (unpaired) electrons. The maximum atomic E-state index is 5.85. The second kappa shape index (κ2) is 5.01. The van der Waals surface area contributed by atoms with E-state index in [9.17, 15) is 0 Å². The van der Waals surface area contributed by atoms with Gasteiger partial charge in [0, 0.05) is 0 Å². The molecule has 0 heterocycles. The molecule has 0 fully saturated rings. The molecule has 0 atom stereocenters. The number of rotatable bonds is 4. The Labute approximate surface area is 77.5 Å². The molecule has 0 bridgehead atoms. The molecule has 12 heavy (non-hydrogen) atoms. The molecule has 0 N–H and O–H groups in total. The fraction of sp³-hybridized carbons (Fsp3) is 0.333. The quantitative estimate of drug-likeness (QED) is 0.660. The molecule has 0 unspecified atom stereocenters. The first-order valence-corrected chi connectivity index (χ1v) is 4.15. The van der Waals surface area contributed by atoms with Crippen molar-refractivity contribution in [1.29, 1.82) is 0 Å². The molecule has 2 nitrogen and oxygen atoms in total. The molecule has 66 valence electrons. The average Bonchev–Trinajstić information content (AvgIpc) is 2.09. The van der Waals surface area contributed by atoms with E-state index in [1.807, 2.05) is 18.2 Å². The molecule has 0 aliphatic carbocycles. The minimum Gasteiger partial charge on any atom is -0.662 e. The van der Waals surface area contributed by atoms with Crippen LogP contribution in [0.3, 0.4) is 0 Å². The number of likely N-dealkylation sites (N-methyl/N-ethyl adjacent to an activating group) is 1. The first kappa shape index (κ1) is 9.36. The minimum atomic E-state index is 0.584. The third-order valence-corrected chi connectivity index (χ3v) is 1.72. The summed E-state index contributed by atoms with van der Waals surface area (Å²) >= 11 is 5.85. The summed E-state index contributed by atoms with van der Waals surface area (Å²) in [6.07, 6.45) is 0. The maximum absolute atomic E-state index is 5.85. The van der Waals surface area contributed by atoms with Crippen molar-refractivity contribution in [2.45, 2.75) is 0 Å². The fourth-order valence-corrected chi connectivity index (χ4v) is 0.999. The number of halogens is 1. The van der Waals surface area contributed by atoms with E-state index in [1.165, 1.54) is 0 Å². The molecule has 1 rings (SSSR count). The van der Waals surface area contributed by atoms with E-state index in [1.54, 1.807) is 13.1 Å². The van der Waals surface area contributed by atoms with Crippen molar-refractivity contribution >= 4 is 11.6 Å². The van der Waals surface area contributed by atoms with Crippen molar-refractivity contribution < 1.29 is 4.74 Å². The molecule has 3 heteroatoms. The van der Waals surface area contributed by atoms with E-state index in [0.717, 1.165) is 5.75 Å². The Balaban J connectivity index is 2.46. The number of hydrogen-bond acceptors (Lipinski definition) is 1. The summed E-state index contributed by atoms with van der Waals surface area (Å²) in [4.78, 5) is 0. The Bertz CT molecular complexity index is 240. The monoisotopic (exact) mass is 184 g/mol. The number of nitrogens with zero attached hydrogens (tertiary/aromatic N) is 1. The van der Waals surface area contributed by atoms with E-state index in [0.29, 0.717) is 18.2 Å². The lowest BCUT2D eigenvalue weighted by molar-refractivity contribution is 0.335. The Morgan fingerprint density at radius 2 is 2.17 bits per heavy atom. The van der Waals surface area contributed by atoms with Gasteiger partial charge in [-0.05, 0) is 12.1 Å². The number of ether oxygens (including phenoxy) is 1. The standard InChI is InChI=1S/C9H11ClNO/c1-11-6-7-12-9-5-3-2-4-8(9)10/h2-5H,6-7H2,1H3/q-1. The van der Waals surface area contributed by atoms with Gasteiger partial charge in [-0.3, -0.25) is 0 Å². The number of benzene rings is 1. The van der Waals surface area contributed by atoms with Crippen LogP contribution in [0, 0.1) is 0 Å². The molecule has 0 saturated carbocycles. The smallest absolute Gasteiger partial charge is 0.137 e. The highest BCUT2D eigenvalue weighted by Crippen LogP contribution is 2.22. The van der Waals surface area contributed by atoms with Gasteiger partial charge in [-0.2, -0.15) is 7.05 Å². The zero-order chi connectivity index (χ0) is 8.81. The van der Waals surface area contributed by atoms with Crippen LogP contribution in [0.5, 0.6) is 5.75 Å². The predicted molar refractivity (Wildman–Crippen MR) is 51.1 cm³/mol. The highest BCUT2D eigenvalue weighted by Gasteiger charge is 1.96. The van der Waals surface area contributed by atoms with E-state index in [2.05, 4.69) is 5.32 Å². The third kappa shape index (κ3) is 2.72. The van der Waals surface area contributed by atoms with E-state index < -0.39 is 0 Å². The van der Waals surface area contributed by atoms with Crippen LogP contribution in [0.4, 0.5) is 0 Å². The summed E-state index contributed by atoms with van der Waals surface area (Å²) in [6, 6.07) is 7.42. The summed E-state index contributed by atoms with van der Waals surface area (Å²) in [7, 11) is 1.76. The molecule has 0 aromatic heterocycles. The zero-order valence-corrected chi connectivity index (χ0v) is 7.71. The molecule has 0 amide bonds. The zero-order valence-electron chi connectivity index (χ0n) is 6.96. The summed E-state index contributed by atoms with van der Waals surface area (Å²) in [5, 5.41) is 4.56. The lowest BCUT2D eigenvalue weighted by Crippen LogP contribution is -2.01. The normalized spacial score (nSPS) is 9.83. The first-order valence-electron chi connectivity index (χ1n) is 3.77. The van der Waals surface area contributed by atoms with Crippen molar-refractivity contribution in [2.75, 3.05) is 20.2 Å². The molecule has 1 aromatic carbocycles. The van der Waals surface area contributed by atoms with Gasteiger partial charge in [0.1, 0.15) is 5.75 Å². The lowest BCUT2D eigenvalue weighted by atomic mass is 10.3. The van der Waals surface area contributed by atoms with Gasteiger partial charge >= 0.3 is 0 Å². The molecular formula is C9H11ClNO-. The third-order valence-electron chi connectivity index (χ3n) is 1.41. The van der Waals surface area contributed by atoms with Gasteiger partial charge in [-0.1, -0.05) is 23.7 Å². The van der Waals surface area contributed by atoms with Crippen molar-refractivity contribution in [1.82, 2.24) is 0 Å². The Hall–Kier alpha value is -0.730. The van der Waals surface area contributed by atoms with Gasteiger partial charge in [0.25, 0.3) is 0 Å². The summed E-state index contributed by atoms with van der Waals surface area (Å²) in [5.74, 6) is 0.725. The van der Waals surface area contributed by atoms with Crippen molar-refractivity contribution in [3.05, 3.63) is 34.6 Å². The van der Waals surface area contributed by atoms with Crippen LogP contribution in [-0.4, -0.2) is 20.2 Å². The van der Waals surface area contributed by atoms with Crippen LogP contribution in [0.25, 0.3) is 5.32 Å². The van der Waals surface area contributed by atoms with E-state index in [-0.39, 0.29) is 0 Å². The van der Waals surface area contributed by atoms with Crippen LogP contribution >= 0.6 is 11.6 Å². The Kier molecular flexibility index (Phi) is 3.91. The molecular weight excluding hydrogens is 174 g/mol. The molecule has 1 aromatic rings. The van der Waals surface area contributed by atoms with Crippen molar-refractivity contribution in [2.24, 2.45) is 0 Å². The highest BCUT2D eigenvalue weighted by atomic mass is 35.5. The fourth-order valence-electron chi connectivity index (χ4n) is 0.809. The summed E-state index contributed by atoms with van der Waals surface area (Å²) in [6.45, 7) is 1.28. The number of para-hydroxylation sites is 1. The van der Waals surface area contributed by atoms with Gasteiger partial charge in [0.05, 0.1) is 11.6 Å². The van der Waals surface area contributed by atoms with Gasteiger partial charge in [0.2, 0.25) is 0 Å². The van der Waals surface area contributed by atoms with E-state index >= 15 is 0 Å². The van der Waals surface area contributed by atoms with Gasteiger partial charge < -0.3 is 10.1 Å². The Morgan fingerprint density at radius 1 is 1.42 bits per heavy atom. The molecule has 0 saturated heterocycles. The SMILES string of the molecule is C[N-]CCOc1ccccc1Cl. The second-order valence-electron chi connectivity index (χ2n) is 2.32. The summed E-state index contributed by atoms with van der Waals surface area (Å²) < 4.78 is 5.35. The van der Waals surface area contributed by atoms with Gasteiger partial charge in [0.15, 0.2) is 0 Å². The second-order valence-corrected chi connectivity index (χ2v) is 2.73. The lowest BCUT2D eigenvalue weighted by Gasteiger charge is -2.12. The molecule has 0 spiro atoms. The van der Waals surface area contributed by atoms with Crippen LogP contribution in [0.2, 0.25) is 5.02 Å². The average molecular weight is 185 g/mol. The first-order chi connectivity index (χ1) is 5.84. The number of hydrogen-bond donors (Lipinski definition) is 0. The maximum Gasteiger partial charge on any atom is 0.137 e. The Morgan fingerprint density at radius 3 is 2.83 bits per heavy atom. The van der Waals surface area contributed by atoms with Crippen LogP contribution in [0.1, 0.15) is 0 Å². The van der Waals surface area contributed by atoms with E-state index in [4.69, 9.17) is 16.3 Å². The summed E-state index contributed by atoms with van der Waals surface area (Å²) in [5.41, 5.74) is 0. The van der Waals surface area contributed by atoms with Crippen molar-refractivity contribution in [3.63, 3.8) is 0 Å². The van der Waals surface area contributed by atoms with Crippen LogP contribution in [-0.2, 0) is 0 Å². The van der Waals surface area contributed by atoms with Gasteiger partial charge in [-0.25, -0.2) is 0 Å². The van der Waals surface area contributed by atoms with Crippen LogP contribution < -0.4 is 4.74 Å². The topological polar surface area (TPSA) is 23.3 Å². The molecule has 0 aliphatic rings. The van der Waals surface area contributed by atoms with Crippen LogP contribution in [0.15, 0.2) is 24.3 Å². The molecule has 0 aliphatic heterocycles.